The van der Waals surface area contributed by atoms with E-state index in [2.05, 4.69) is 197 Å². The molecule has 2 heteroatoms. The normalized spacial score (nSPS) is 10.6. The van der Waals surface area contributed by atoms with Crippen molar-refractivity contribution in [2.75, 3.05) is 0 Å². The summed E-state index contributed by atoms with van der Waals surface area (Å²) in [7, 11) is 1.08. The van der Waals surface area contributed by atoms with Gasteiger partial charge in [-0.2, -0.15) is 12.1 Å². The third-order valence-electron chi connectivity index (χ3n) is 9.87. The maximum absolute atomic E-state index is 2.40. The first-order chi connectivity index (χ1) is 26.1. The van der Waals surface area contributed by atoms with Crippen LogP contribution in [0.5, 0.6) is 0 Å². The van der Waals surface area contributed by atoms with Gasteiger partial charge in [0.25, 0.3) is 0 Å². The molecule has 8 aromatic carbocycles. The average Bonchev–Trinajstić information content (AvgIpc) is 3.85. The Balaban J connectivity index is 0.000000190. The molecular formula is C52H52SiZr. The molecule has 8 aromatic rings. The summed E-state index contributed by atoms with van der Waals surface area (Å²) in [6.07, 6.45) is 7.29. The van der Waals surface area contributed by atoms with Gasteiger partial charge in [-0.1, -0.05) is 232 Å². The third kappa shape index (κ3) is 10.0. The van der Waals surface area contributed by atoms with Crippen molar-refractivity contribution in [3.63, 3.8) is 0 Å². The van der Waals surface area contributed by atoms with Crippen molar-refractivity contribution < 1.29 is 26.2 Å². The van der Waals surface area contributed by atoms with Crippen LogP contribution in [-0.4, -0.2) is 9.52 Å². The summed E-state index contributed by atoms with van der Waals surface area (Å²) in [6, 6.07) is 61.6. The van der Waals surface area contributed by atoms with Gasteiger partial charge in [0.2, 0.25) is 0 Å². The summed E-state index contributed by atoms with van der Waals surface area (Å²) >= 11 is 0. The molecule has 0 atom stereocenters. The van der Waals surface area contributed by atoms with Crippen molar-refractivity contribution in [3.8, 4) is 44.5 Å². The van der Waals surface area contributed by atoms with Crippen molar-refractivity contribution in [1.29, 1.82) is 0 Å². The number of fused-ring (bicyclic) bond motifs is 2. The standard InChI is InChI=1S/2C25H23.C2H6Si.Zr/c2*1-2-3-10-19-17-24-22(20-11-6-4-7-12-20)15-16-23(25(24)18-19)21-13-8-5-9-14-21;1-3-2;/h2*4-9,11-18H,2-3,10H2,1H3;1-2H3;/q2*-1;;+2. The molecule has 0 amide bonds. The fraction of sp³-hybridized carbons (Fsp3) is 0.192. The average molecular weight is 796 g/mol. The minimum absolute atomic E-state index is 0. The fourth-order valence-corrected chi connectivity index (χ4v) is 7.25. The van der Waals surface area contributed by atoms with E-state index in [0.717, 1.165) is 22.4 Å². The number of hydrogen-bond acceptors (Lipinski definition) is 0. The molecule has 0 heterocycles. The van der Waals surface area contributed by atoms with E-state index < -0.39 is 0 Å². The van der Waals surface area contributed by atoms with Gasteiger partial charge in [-0.15, -0.1) is 44.8 Å². The van der Waals surface area contributed by atoms with Gasteiger partial charge in [0.15, 0.2) is 0 Å². The largest absolute Gasteiger partial charge is 2.00 e. The summed E-state index contributed by atoms with van der Waals surface area (Å²) in [5.41, 5.74) is 13.4. The van der Waals surface area contributed by atoms with E-state index >= 15 is 0 Å². The number of hydrogen-bond donors (Lipinski definition) is 0. The maximum atomic E-state index is 2.40. The first kappa shape index (κ1) is 40.8. The molecule has 0 saturated carbocycles. The molecule has 0 bridgehead atoms. The Labute approximate surface area is 346 Å². The van der Waals surface area contributed by atoms with E-state index in [1.807, 2.05) is 0 Å². The van der Waals surface area contributed by atoms with Crippen LogP contribution in [0.2, 0.25) is 13.1 Å². The second-order valence-corrected chi connectivity index (χ2v) is 14.9. The van der Waals surface area contributed by atoms with Gasteiger partial charge in [-0.25, -0.2) is 0 Å². The predicted octanol–water partition coefficient (Wildman–Crippen LogP) is 15.3. The summed E-state index contributed by atoms with van der Waals surface area (Å²) in [4.78, 5) is 0. The molecule has 268 valence electrons. The quantitative estimate of drug-likeness (QED) is 0.0955. The SMILES string of the molecule is CCCCc1cc2c(-c3ccccc3)ccc(-c3ccccc3)c2[cH-]1.CCCCc1cc2c(-c3ccccc3)ccc(-c3ccccc3)c2[cH-]1.C[Si]C.[Zr+2]. The van der Waals surface area contributed by atoms with Crippen LogP contribution >= 0.6 is 0 Å². The molecule has 0 aromatic heterocycles. The second kappa shape index (κ2) is 20.9. The van der Waals surface area contributed by atoms with Crippen LogP contribution < -0.4 is 0 Å². The van der Waals surface area contributed by atoms with Gasteiger partial charge in [0, 0.05) is 9.52 Å². The Morgan fingerprint density at radius 3 is 0.981 bits per heavy atom. The van der Waals surface area contributed by atoms with Crippen LogP contribution in [0.4, 0.5) is 0 Å². The van der Waals surface area contributed by atoms with Crippen LogP contribution in [0.1, 0.15) is 50.7 Å². The van der Waals surface area contributed by atoms with Crippen LogP contribution in [0.15, 0.2) is 170 Å². The topological polar surface area (TPSA) is 0 Å². The monoisotopic (exact) mass is 794 g/mol. The van der Waals surface area contributed by atoms with Crippen molar-refractivity contribution in [2.45, 2.75) is 65.5 Å². The fourth-order valence-electron chi connectivity index (χ4n) is 7.25. The van der Waals surface area contributed by atoms with E-state index in [9.17, 15) is 0 Å². The summed E-state index contributed by atoms with van der Waals surface area (Å²) in [6.45, 7) is 8.82. The molecule has 54 heavy (non-hydrogen) atoms. The molecule has 8 rings (SSSR count). The minimum atomic E-state index is 0. The zero-order chi connectivity index (χ0) is 36.8. The summed E-state index contributed by atoms with van der Waals surface area (Å²) < 4.78 is 0. The number of rotatable bonds is 10. The van der Waals surface area contributed by atoms with Crippen molar-refractivity contribution in [3.05, 3.63) is 181 Å². The summed E-state index contributed by atoms with van der Waals surface area (Å²) in [5.74, 6) is 0. The second-order valence-electron chi connectivity index (χ2n) is 13.9. The molecule has 0 unspecified atom stereocenters. The van der Waals surface area contributed by atoms with Crippen molar-refractivity contribution in [1.82, 2.24) is 0 Å². The number of unbranched alkanes of at least 4 members (excludes halogenated alkanes) is 2. The zero-order valence-corrected chi connectivity index (χ0v) is 35.9. The minimum Gasteiger partial charge on any atom is -0.164 e. The maximum Gasteiger partial charge on any atom is 2.00 e. The van der Waals surface area contributed by atoms with Gasteiger partial charge in [-0.05, 0) is 24.0 Å². The molecule has 0 aliphatic rings. The molecule has 2 radical (unpaired) electrons. The van der Waals surface area contributed by atoms with Gasteiger partial charge >= 0.3 is 26.2 Å². The molecule has 0 N–H and O–H groups in total. The van der Waals surface area contributed by atoms with E-state index in [0.29, 0.717) is 0 Å². The number of benzene rings is 6. The van der Waals surface area contributed by atoms with Crippen LogP contribution in [0.3, 0.4) is 0 Å². The van der Waals surface area contributed by atoms with Gasteiger partial charge in [0.05, 0.1) is 0 Å². The van der Waals surface area contributed by atoms with Gasteiger partial charge < -0.3 is 0 Å². The van der Waals surface area contributed by atoms with E-state index in [1.165, 1.54) is 103 Å². The Morgan fingerprint density at radius 2 is 0.685 bits per heavy atom. The van der Waals surface area contributed by atoms with Gasteiger partial charge in [0.1, 0.15) is 0 Å². The number of aryl methyl sites for hydroxylation is 2. The molecule has 0 spiro atoms. The molecule has 0 aliphatic heterocycles. The Morgan fingerprint density at radius 1 is 0.407 bits per heavy atom. The van der Waals surface area contributed by atoms with E-state index in [4.69, 9.17) is 0 Å². The van der Waals surface area contributed by atoms with Crippen molar-refractivity contribution >= 4 is 31.1 Å². The van der Waals surface area contributed by atoms with Crippen molar-refractivity contribution in [2.24, 2.45) is 0 Å². The summed E-state index contributed by atoms with van der Waals surface area (Å²) in [5, 5.41) is 5.50. The van der Waals surface area contributed by atoms with E-state index in [1.54, 1.807) is 0 Å². The van der Waals surface area contributed by atoms with E-state index in [-0.39, 0.29) is 26.2 Å². The third-order valence-corrected chi connectivity index (χ3v) is 9.87. The van der Waals surface area contributed by atoms with Crippen LogP contribution in [0.25, 0.3) is 66.1 Å². The molecule has 0 nitrogen and oxygen atoms in total. The Bertz CT molecular complexity index is 1960. The smallest absolute Gasteiger partial charge is 0.164 e. The predicted molar refractivity (Wildman–Crippen MR) is 236 cm³/mol. The zero-order valence-electron chi connectivity index (χ0n) is 32.4. The first-order valence-electron chi connectivity index (χ1n) is 19.4. The molecule has 0 fully saturated rings. The molecule has 0 aliphatic carbocycles. The van der Waals surface area contributed by atoms with Crippen LogP contribution in [-0.2, 0) is 39.0 Å². The molecule has 0 saturated heterocycles. The first-order valence-corrected chi connectivity index (χ1v) is 21.4. The van der Waals surface area contributed by atoms with Crippen LogP contribution in [0, 0.1) is 0 Å². The molecular weight excluding hydrogens is 744 g/mol. The Hall–Kier alpha value is -4.36. The Kier molecular flexibility index (Phi) is 15.8. The van der Waals surface area contributed by atoms with Gasteiger partial charge in [-0.3, -0.25) is 0 Å².